The Bertz CT molecular complexity index is 708. The van der Waals surface area contributed by atoms with E-state index in [0.29, 0.717) is 18.9 Å². The first-order valence-electron chi connectivity index (χ1n) is 8.92. The molecule has 0 atom stereocenters. The van der Waals surface area contributed by atoms with Crippen LogP contribution in [-0.4, -0.2) is 19.1 Å². The quantitative estimate of drug-likeness (QED) is 0.803. The summed E-state index contributed by atoms with van der Waals surface area (Å²) in [5.74, 6) is 1.64. The van der Waals surface area contributed by atoms with Gasteiger partial charge in [-0.3, -0.25) is 4.79 Å². The van der Waals surface area contributed by atoms with Gasteiger partial charge in [-0.1, -0.05) is 18.2 Å². The first kappa shape index (κ1) is 17.3. The molecule has 1 N–H and O–H groups in total. The number of rotatable bonds is 7. The maximum Gasteiger partial charge on any atom is 0.224 e. The predicted octanol–water partition coefficient (Wildman–Crippen LogP) is 4.59. The van der Waals surface area contributed by atoms with Gasteiger partial charge in [-0.05, 0) is 61.9 Å². The van der Waals surface area contributed by atoms with Crippen LogP contribution in [0.2, 0.25) is 0 Å². The first-order chi connectivity index (χ1) is 12.2. The molecule has 1 aliphatic carbocycles. The normalized spacial score (nSPS) is 14.3. The Morgan fingerprint density at radius 3 is 2.64 bits per heavy atom. The Labute approximate surface area is 149 Å². The molecule has 25 heavy (non-hydrogen) atoms. The second kappa shape index (κ2) is 8.56. The van der Waals surface area contributed by atoms with Crippen molar-refractivity contribution in [2.75, 3.05) is 12.4 Å². The van der Waals surface area contributed by atoms with Crippen molar-refractivity contribution in [3.8, 4) is 11.5 Å². The van der Waals surface area contributed by atoms with Gasteiger partial charge in [0.2, 0.25) is 5.91 Å². The lowest BCUT2D eigenvalue weighted by Crippen LogP contribution is -2.13. The van der Waals surface area contributed by atoms with Gasteiger partial charge < -0.3 is 14.8 Å². The summed E-state index contributed by atoms with van der Waals surface area (Å²) in [6.07, 6.45) is 6.29. The second-order valence-electron chi connectivity index (χ2n) is 6.45. The number of benzene rings is 2. The van der Waals surface area contributed by atoms with Crippen molar-refractivity contribution < 1.29 is 14.3 Å². The molecule has 2 aromatic carbocycles. The molecular formula is C21H25NO3. The largest absolute Gasteiger partial charge is 0.497 e. The van der Waals surface area contributed by atoms with Gasteiger partial charge in [0.05, 0.1) is 13.2 Å². The minimum Gasteiger partial charge on any atom is -0.497 e. The lowest BCUT2D eigenvalue weighted by molar-refractivity contribution is -0.116. The number of aryl methyl sites for hydroxylation is 1. The lowest BCUT2D eigenvalue weighted by Gasteiger charge is -2.14. The van der Waals surface area contributed by atoms with Gasteiger partial charge in [0.15, 0.2) is 0 Å². The smallest absolute Gasteiger partial charge is 0.224 e. The van der Waals surface area contributed by atoms with Gasteiger partial charge >= 0.3 is 0 Å². The summed E-state index contributed by atoms with van der Waals surface area (Å²) in [4.78, 5) is 12.2. The number of ether oxygens (including phenoxy) is 2. The Morgan fingerprint density at radius 2 is 1.84 bits per heavy atom. The van der Waals surface area contributed by atoms with Gasteiger partial charge in [-0.25, -0.2) is 0 Å². The van der Waals surface area contributed by atoms with Crippen LogP contribution in [0.1, 0.15) is 37.7 Å². The topological polar surface area (TPSA) is 47.6 Å². The van der Waals surface area contributed by atoms with Gasteiger partial charge in [0.1, 0.15) is 11.5 Å². The second-order valence-corrected chi connectivity index (χ2v) is 6.45. The van der Waals surface area contributed by atoms with Crippen molar-refractivity contribution >= 4 is 11.6 Å². The maximum atomic E-state index is 12.2. The van der Waals surface area contributed by atoms with Crippen LogP contribution in [-0.2, 0) is 11.2 Å². The molecule has 3 rings (SSSR count). The Morgan fingerprint density at radius 1 is 1.08 bits per heavy atom. The zero-order chi connectivity index (χ0) is 17.5. The molecule has 0 bridgehead atoms. The zero-order valence-corrected chi connectivity index (χ0v) is 14.7. The van der Waals surface area contributed by atoms with Crippen molar-refractivity contribution in [2.45, 2.75) is 44.6 Å². The summed E-state index contributed by atoms with van der Waals surface area (Å²) in [7, 11) is 1.61. The highest BCUT2D eigenvalue weighted by atomic mass is 16.5. The Balaban J connectivity index is 1.51. The van der Waals surface area contributed by atoms with E-state index >= 15 is 0 Å². The van der Waals surface area contributed by atoms with Crippen LogP contribution in [0.5, 0.6) is 11.5 Å². The van der Waals surface area contributed by atoms with Crippen molar-refractivity contribution in [1.82, 2.24) is 0 Å². The maximum absolute atomic E-state index is 12.2. The standard InChI is InChI=1S/C21H25NO3/c1-24-19-10-5-7-17(15-19)22-21(23)13-12-16-6-4-11-20(14-16)25-18-8-2-3-9-18/h4-7,10-11,14-15,18H,2-3,8-9,12-13H2,1H3,(H,22,23). The third kappa shape index (κ3) is 5.24. The fraction of sp³-hybridized carbons (Fsp3) is 0.381. The van der Waals surface area contributed by atoms with Crippen LogP contribution in [0, 0.1) is 0 Å². The number of carbonyl (C=O) groups is 1. The fourth-order valence-electron chi connectivity index (χ4n) is 3.16. The zero-order valence-electron chi connectivity index (χ0n) is 14.7. The number of methoxy groups -OCH3 is 1. The SMILES string of the molecule is COc1cccc(NC(=O)CCc2cccc(OC3CCCC3)c2)c1. The third-order valence-corrected chi connectivity index (χ3v) is 4.50. The van der Waals surface area contributed by atoms with Gasteiger partial charge in [0, 0.05) is 18.2 Å². The molecule has 0 heterocycles. The number of amides is 1. The molecule has 2 aromatic rings. The minimum atomic E-state index is -0.00429. The molecule has 0 unspecified atom stereocenters. The van der Waals surface area contributed by atoms with Crippen molar-refractivity contribution in [3.63, 3.8) is 0 Å². The average molecular weight is 339 g/mol. The highest BCUT2D eigenvalue weighted by molar-refractivity contribution is 5.91. The molecule has 1 saturated carbocycles. The molecular weight excluding hydrogens is 314 g/mol. The van der Waals surface area contributed by atoms with Crippen LogP contribution >= 0.6 is 0 Å². The summed E-state index contributed by atoms with van der Waals surface area (Å²) in [6, 6.07) is 15.5. The molecule has 1 amide bonds. The first-order valence-corrected chi connectivity index (χ1v) is 8.92. The number of hydrogen-bond donors (Lipinski definition) is 1. The highest BCUT2D eigenvalue weighted by Gasteiger charge is 2.16. The van der Waals surface area contributed by atoms with Crippen LogP contribution in [0.3, 0.4) is 0 Å². The summed E-state index contributed by atoms with van der Waals surface area (Å²) in [5, 5.41) is 2.91. The Hall–Kier alpha value is -2.49. The molecule has 1 fully saturated rings. The Kier molecular flexibility index (Phi) is 5.94. The molecule has 0 saturated heterocycles. The number of hydrogen-bond acceptors (Lipinski definition) is 3. The van der Waals surface area contributed by atoms with Gasteiger partial charge in [-0.15, -0.1) is 0 Å². The van der Waals surface area contributed by atoms with Crippen molar-refractivity contribution in [1.29, 1.82) is 0 Å². The summed E-state index contributed by atoms with van der Waals surface area (Å²) < 4.78 is 11.2. The molecule has 0 spiro atoms. The van der Waals surface area contributed by atoms with E-state index in [-0.39, 0.29) is 5.91 Å². The van der Waals surface area contributed by atoms with Crippen molar-refractivity contribution in [3.05, 3.63) is 54.1 Å². The number of anilines is 1. The molecule has 0 aromatic heterocycles. The lowest BCUT2D eigenvalue weighted by atomic mass is 10.1. The van der Waals surface area contributed by atoms with E-state index in [4.69, 9.17) is 9.47 Å². The van der Waals surface area contributed by atoms with E-state index in [1.807, 2.05) is 42.5 Å². The van der Waals surface area contributed by atoms with Gasteiger partial charge in [-0.2, -0.15) is 0 Å². The summed E-state index contributed by atoms with van der Waals surface area (Å²) >= 11 is 0. The molecule has 4 nitrogen and oxygen atoms in total. The summed E-state index contributed by atoms with van der Waals surface area (Å²) in [6.45, 7) is 0. The monoisotopic (exact) mass is 339 g/mol. The van der Waals surface area contributed by atoms with E-state index in [1.165, 1.54) is 12.8 Å². The van der Waals surface area contributed by atoms with Crippen molar-refractivity contribution in [2.24, 2.45) is 0 Å². The predicted molar refractivity (Wildman–Crippen MR) is 99.3 cm³/mol. The van der Waals surface area contributed by atoms with E-state index in [1.54, 1.807) is 7.11 Å². The van der Waals surface area contributed by atoms with E-state index in [0.717, 1.165) is 35.6 Å². The number of nitrogens with one attached hydrogen (secondary N) is 1. The summed E-state index contributed by atoms with van der Waals surface area (Å²) in [5.41, 5.74) is 1.87. The molecule has 132 valence electrons. The number of carbonyl (C=O) groups excluding carboxylic acids is 1. The molecule has 0 aliphatic heterocycles. The van der Waals surface area contributed by atoms with Crippen LogP contribution in [0.25, 0.3) is 0 Å². The third-order valence-electron chi connectivity index (χ3n) is 4.50. The van der Waals surface area contributed by atoms with Crippen LogP contribution in [0.4, 0.5) is 5.69 Å². The fourth-order valence-corrected chi connectivity index (χ4v) is 3.16. The van der Waals surface area contributed by atoms with Crippen LogP contribution < -0.4 is 14.8 Å². The van der Waals surface area contributed by atoms with E-state index < -0.39 is 0 Å². The van der Waals surface area contributed by atoms with Crippen LogP contribution in [0.15, 0.2) is 48.5 Å². The average Bonchev–Trinajstić information content (AvgIpc) is 3.13. The molecule has 0 radical (unpaired) electrons. The van der Waals surface area contributed by atoms with Gasteiger partial charge in [0.25, 0.3) is 0 Å². The highest BCUT2D eigenvalue weighted by Crippen LogP contribution is 2.25. The minimum absolute atomic E-state index is 0.00429. The van der Waals surface area contributed by atoms with E-state index in [2.05, 4.69) is 11.4 Å². The van der Waals surface area contributed by atoms with E-state index in [9.17, 15) is 4.79 Å². The molecule has 4 heteroatoms. The molecule has 1 aliphatic rings.